The van der Waals surface area contributed by atoms with E-state index in [-0.39, 0.29) is 28.9 Å². The average molecular weight is 510 g/mol. The molecule has 0 aliphatic carbocycles. The monoisotopic (exact) mass is 509 g/mol. The number of ether oxygens (including phenoxy) is 1. The highest BCUT2D eigenvalue weighted by molar-refractivity contribution is 7.89. The third kappa shape index (κ3) is 5.37. The number of rotatable bonds is 6. The van der Waals surface area contributed by atoms with E-state index in [1.165, 1.54) is 6.07 Å². The van der Waals surface area contributed by atoms with Crippen LogP contribution in [0.1, 0.15) is 36.2 Å². The Morgan fingerprint density at radius 1 is 1.03 bits per heavy atom. The van der Waals surface area contributed by atoms with E-state index in [1.54, 1.807) is 48.2 Å². The van der Waals surface area contributed by atoms with Gasteiger partial charge in [0.2, 0.25) is 10.0 Å². The minimum Gasteiger partial charge on any atom is -0.450 e. The second-order valence-electron chi connectivity index (χ2n) is 9.06. The molecule has 0 aromatic heterocycles. The number of anilines is 1. The highest BCUT2D eigenvalue weighted by Gasteiger charge is 2.33. The summed E-state index contributed by atoms with van der Waals surface area (Å²) in [6, 6.07) is 17.2. The molecule has 0 unspecified atom stereocenters. The number of nitrogens with zero attached hydrogens (tertiary/aromatic N) is 1. The molecule has 0 bridgehead atoms. The number of aryl methyl sites for hydroxylation is 1. The van der Waals surface area contributed by atoms with Crippen molar-refractivity contribution in [3.8, 4) is 0 Å². The Morgan fingerprint density at radius 2 is 1.72 bits per heavy atom. The molecule has 4 rings (SSSR count). The van der Waals surface area contributed by atoms with Crippen molar-refractivity contribution in [1.82, 2.24) is 9.62 Å². The third-order valence-corrected chi connectivity index (χ3v) is 8.10. The van der Waals surface area contributed by atoms with Gasteiger partial charge in [0.1, 0.15) is 0 Å². The van der Waals surface area contributed by atoms with E-state index in [9.17, 15) is 18.0 Å². The van der Waals surface area contributed by atoms with Gasteiger partial charge in [0, 0.05) is 41.2 Å². The van der Waals surface area contributed by atoms with Crippen LogP contribution in [0.4, 0.5) is 10.5 Å². The number of hydrogen-bond acceptors (Lipinski definition) is 5. The molecule has 2 atom stereocenters. The quantitative estimate of drug-likeness (QED) is 0.507. The number of piperidine rings is 1. The van der Waals surface area contributed by atoms with E-state index in [4.69, 9.17) is 4.74 Å². The Balaban J connectivity index is 1.57. The Morgan fingerprint density at radius 3 is 2.42 bits per heavy atom. The maximum atomic E-state index is 13.5. The lowest BCUT2D eigenvalue weighted by Gasteiger charge is -2.36. The van der Waals surface area contributed by atoms with Crippen LogP contribution in [0.15, 0.2) is 65.6 Å². The van der Waals surface area contributed by atoms with E-state index in [0.29, 0.717) is 48.1 Å². The molecular weight excluding hydrogens is 478 g/mol. The van der Waals surface area contributed by atoms with Gasteiger partial charge in [-0.05, 0) is 49.9 Å². The fourth-order valence-electron chi connectivity index (χ4n) is 4.60. The van der Waals surface area contributed by atoms with Crippen LogP contribution in [0, 0.1) is 12.8 Å². The van der Waals surface area contributed by atoms with Crippen LogP contribution in [-0.4, -0.2) is 51.1 Å². The summed E-state index contributed by atoms with van der Waals surface area (Å²) in [5.41, 5.74) is 1.95. The van der Waals surface area contributed by atoms with Crippen LogP contribution >= 0.6 is 0 Å². The number of benzene rings is 3. The molecule has 0 radical (unpaired) electrons. The molecule has 9 heteroatoms. The highest BCUT2D eigenvalue weighted by Crippen LogP contribution is 2.31. The molecular formula is C27H31N3O5S. The SMILES string of the molecule is CCOC(=O)N1CC[C@H](NS(=O)(=O)c2ccc(NC(=O)c3ccccc3C)c3ccccc23)[C@@H](C)C1. The fraction of sp³-hybridized carbons (Fsp3) is 0.333. The average Bonchev–Trinajstić information content (AvgIpc) is 2.85. The topological polar surface area (TPSA) is 105 Å². The van der Waals surface area contributed by atoms with Crippen molar-refractivity contribution in [3.05, 3.63) is 71.8 Å². The zero-order chi connectivity index (χ0) is 25.9. The summed E-state index contributed by atoms with van der Waals surface area (Å²) >= 11 is 0. The standard InChI is InChI=1S/C27H31N3O5S/c1-4-35-27(32)30-16-15-23(19(3)17-30)29-36(33,34)25-14-13-24(21-11-7-8-12-22(21)25)28-26(31)20-10-6-5-9-18(20)2/h5-14,19,23,29H,4,15-17H2,1-3H3,(H,28,31)/t19-,23-/m0/s1. The predicted octanol–water partition coefficient (Wildman–Crippen LogP) is 4.55. The Labute approximate surface area is 211 Å². The van der Waals surface area contributed by atoms with Gasteiger partial charge in [0.05, 0.1) is 11.5 Å². The van der Waals surface area contributed by atoms with Crippen molar-refractivity contribution >= 4 is 38.5 Å². The molecule has 1 saturated heterocycles. The Kier molecular flexibility index (Phi) is 7.61. The van der Waals surface area contributed by atoms with Crippen LogP contribution in [0.3, 0.4) is 0 Å². The lowest BCUT2D eigenvalue weighted by atomic mass is 9.95. The summed E-state index contributed by atoms with van der Waals surface area (Å²) in [7, 11) is -3.87. The number of sulfonamides is 1. The first kappa shape index (κ1) is 25.7. The van der Waals surface area contributed by atoms with Gasteiger partial charge in [-0.1, -0.05) is 49.4 Å². The molecule has 0 spiro atoms. The molecule has 1 aliphatic heterocycles. The minimum absolute atomic E-state index is 0.0862. The van der Waals surface area contributed by atoms with Crippen LogP contribution in [-0.2, 0) is 14.8 Å². The van der Waals surface area contributed by atoms with E-state index in [1.807, 2.05) is 32.0 Å². The van der Waals surface area contributed by atoms with Crippen LogP contribution in [0.2, 0.25) is 0 Å². The second kappa shape index (κ2) is 10.7. The minimum atomic E-state index is -3.87. The van der Waals surface area contributed by atoms with E-state index >= 15 is 0 Å². The molecule has 3 aromatic carbocycles. The molecule has 1 fully saturated rings. The molecule has 190 valence electrons. The smallest absolute Gasteiger partial charge is 0.409 e. The number of fused-ring (bicyclic) bond motifs is 1. The molecule has 2 amide bonds. The maximum absolute atomic E-state index is 13.5. The van der Waals surface area contributed by atoms with Crippen molar-refractivity contribution in [2.45, 2.75) is 38.1 Å². The van der Waals surface area contributed by atoms with Gasteiger partial charge in [-0.15, -0.1) is 0 Å². The van der Waals surface area contributed by atoms with Crippen LogP contribution in [0.25, 0.3) is 10.8 Å². The van der Waals surface area contributed by atoms with Gasteiger partial charge in [-0.25, -0.2) is 17.9 Å². The van der Waals surface area contributed by atoms with E-state index in [0.717, 1.165) is 5.56 Å². The van der Waals surface area contributed by atoms with Gasteiger partial charge < -0.3 is 15.0 Å². The first-order valence-corrected chi connectivity index (χ1v) is 13.5. The number of hydrogen-bond donors (Lipinski definition) is 2. The molecule has 1 heterocycles. The summed E-state index contributed by atoms with van der Waals surface area (Å²) < 4.78 is 34.9. The van der Waals surface area contributed by atoms with Crippen molar-refractivity contribution in [1.29, 1.82) is 0 Å². The predicted molar refractivity (Wildman–Crippen MR) is 140 cm³/mol. The summed E-state index contributed by atoms with van der Waals surface area (Å²) in [4.78, 5) is 26.7. The summed E-state index contributed by atoms with van der Waals surface area (Å²) in [5.74, 6) is -0.342. The van der Waals surface area contributed by atoms with Gasteiger partial charge >= 0.3 is 6.09 Å². The number of carbonyl (C=O) groups is 2. The molecule has 36 heavy (non-hydrogen) atoms. The molecule has 8 nitrogen and oxygen atoms in total. The fourth-order valence-corrected chi connectivity index (χ4v) is 6.19. The lowest BCUT2D eigenvalue weighted by Crippen LogP contribution is -2.51. The molecule has 3 aromatic rings. The number of amides is 2. The van der Waals surface area contributed by atoms with Crippen molar-refractivity contribution in [3.63, 3.8) is 0 Å². The molecule has 1 aliphatic rings. The third-order valence-electron chi connectivity index (χ3n) is 6.55. The van der Waals surface area contributed by atoms with Gasteiger partial charge in [-0.3, -0.25) is 4.79 Å². The highest BCUT2D eigenvalue weighted by atomic mass is 32.2. The van der Waals surface area contributed by atoms with Crippen molar-refractivity contribution < 1.29 is 22.7 Å². The number of carbonyl (C=O) groups excluding carboxylic acids is 2. The van der Waals surface area contributed by atoms with Crippen LogP contribution < -0.4 is 10.0 Å². The molecule has 2 N–H and O–H groups in total. The van der Waals surface area contributed by atoms with Gasteiger partial charge in [-0.2, -0.15) is 0 Å². The zero-order valence-corrected chi connectivity index (χ0v) is 21.5. The first-order chi connectivity index (χ1) is 17.2. The van der Waals surface area contributed by atoms with E-state index < -0.39 is 10.0 Å². The van der Waals surface area contributed by atoms with Crippen LogP contribution in [0.5, 0.6) is 0 Å². The zero-order valence-electron chi connectivity index (χ0n) is 20.7. The normalized spacial score (nSPS) is 18.1. The summed E-state index contributed by atoms with van der Waals surface area (Å²) in [6.07, 6.45) is 0.113. The first-order valence-electron chi connectivity index (χ1n) is 12.0. The van der Waals surface area contributed by atoms with E-state index in [2.05, 4.69) is 10.0 Å². The Hall–Kier alpha value is -3.43. The lowest BCUT2D eigenvalue weighted by molar-refractivity contribution is 0.0846. The number of likely N-dealkylation sites (tertiary alicyclic amines) is 1. The summed E-state index contributed by atoms with van der Waals surface area (Å²) in [5, 5.41) is 4.08. The maximum Gasteiger partial charge on any atom is 0.409 e. The van der Waals surface area contributed by atoms with Crippen molar-refractivity contribution in [2.75, 3.05) is 25.0 Å². The largest absolute Gasteiger partial charge is 0.450 e. The second-order valence-corrected chi connectivity index (χ2v) is 10.7. The van der Waals surface area contributed by atoms with Gasteiger partial charge in [0.15, 0.2) is 0 Å². The van der Waals surface area contributed by atoms with Crippen molar-refractivity contribution in [2.24, 2.45) is 5.92 Å². The molecule has 0 saturated carbocycles. The van der Waals surface area contributed by atoms with Gasteiger partial charge in [0.25, 0.3) is 5.91 Å². The summed E-state index contributed by atoms with van der Waals surface area (Å²) in [6.45, 7) is 6.67. The Bertz CT molecular complexity index is 1390. The number of nitrogens with one attached hydrogen (secondary N) is 2.